The van der Waals surface area contributed by atoms with Crippen LogP contribution in [0.4, 0.5) is 0 Å². The van der Waals surface area contributed by atoms with Crippen molar-refractivity contribution in [3.05, 3.63) is 46.7 Å². The summed E-state index contributed by atoms with van der Waals surface area (Å²) >= 11 is 1.72. The van der Waals surface area contributed by atoms with Gasteiger partial charge >= 0.3 is 0 Å². The Kier molecular flexibility index (Phi) is 4.66. The van der Waals surface area contributed by atoms with Crippen molar-refractivity contribution in [1.29, 1.82) is 0 Å². The van der Waals surface area contributed by atoms with Gasteiger partial charge in [-0.25, -0.2) is 4.98 Å². The van der Waals surface area contributed by atoms with E-state index in [4.69, 9.17) is 9.47 Å². The highest BCUT2D eigenvalue weighted by molar-refractivity contribution is 7.09. The normalized spacial score (nSPS) is 27.9. The molecule has 5 nitrogen and oxygen atoms in total. The molecule has 2 aliphatic heterocycles. The lowest BCUT2D eigenvalue weighted by Gasteiger charge is -2.32. The average Bonchev–Trinajstić information content (AvgIpc) is 3.23. The van der Waals surface area contributed by atoms with Crippen molar-refractivity contribution < 1.29 is 9.47 Å². The Morgan fingerprint density at radius 3 is 3.22 bits per heavy atom. The second-order valence-electron chi connectivity index (χ2n) is 6.11. The Bertz CT molecular complexity index is 608. The Labute approximate surface area is 140 Å². The molecule has 0 aromatic carbocycles. The number of rotatable bonds is 5. The summed E-state index contributed by atoms with van der Waals surface area (Å²) in [6, 6.07) is 4.45. The van der Waals surface area contributed by atoms with Crippen molar-refractivity contribution in [2.45, 2.75) is 44.2 Å². The second kappa shape index (κ2) is 7.05. The van der Waals surface area contributed by atoms with Crippen molar-refractivity contribution in [2.24, 2.45) is 0 Å². The van der Waals surface area contributed by atoms with E-state index >= 15 is 0 Å². The minimum Gasteiger partial charge on any atom is -0.374 e. The standard InChI is InChI=1S/C17H21N3O2S/c1-3-13(9-18-5-1)12-22-15-10-20(11-16-19-6-8-23-16)14-4-2-7-21-17(14)15/h1,3,5-6,8-9,14-15,17H,2,4,7,10-12H2/t14-,15-,17+/m1/s1. The molecule has 4 rings (SSSR count). The number of nitrogens with zero attached hydrogens (tertiary/aromatic N) is 3. The molecule has 0 saturated carbocycles. The van der Waals surface area contributed by atoms with E-state index in [2.05, 4.69) is 20.9 Å². The Balaban J connectivity index is 1.42. The zero-order chi connectivity index (χ0) is 15.5. The third kappa shape index (κ3) is 3.45. The number of ether oxygens (including phenoxy) is 2. The van der Waals surface area contributed by atoms with Crippen molar-refractivity contribution in [3.63, 3.8) is 0 Å². The number of fused-ring (bicyclic) bond motifs is 1. The summed E-state index contributed by atoms with van der Waals surface area (Å²) in [5.74, 6) is 0. The number of hydrogen-bond acceptors (Lipinski definition) is 6. The molecular formula is C17H21N3O2S. The second-order valence-corrected chi connectivity index (χ2v) is 7.09. The molecule has 2 aromatic rings. The van der Waals surface area contributed by atoms with Crippen molar-refractivity contribution in [2.75, 3.05) is 13.2 Å². The van der Waals surface area contributed by atoms with E-state index in [-0.39, 0.29) is 12.2 Å². The van der Waals surface area contributed by atoms with Crippen LogP contribution in [-0.4, -0.2) is 46.3 Å². The molecule has 0 radical (unpaired) electrons. The molecule has 2 saturated heterocycles. The monoisotopic (exact) mass is 331 g/mol. The quantitative estimate of drug-likeness (QED) is 0.842. The molecule has 2 fully saturated rings. The molecule has 4 heterocycles. The summed E-state index contributed by atoms with van der Waals surface area (Å²) in [7, 11) is 0. The summed E-state index contributed by atoms with van der Waals surface area (Å²) in [6.45, 7) is 3.25. The molecule has 0 aliphatic carbocycles. The summed E-state index contributed by atoms with van der Waals surface area (Å²) in [6.07, 6.45) is 8.15. The Morgan fingerprint density at radius 1 is 1.39 bits per heavy atom. The first-order chi connectivity index (χ1) is 11.4. The average molecular weight is 331 g/mol. The third-order valence-electron chi connectivity index (χ3n) is 4.59. The highest BCUT2D eigenvalue weighted by Crippen LogP contribution is 2.32. The van der Waals surface area contributed by atoms with Crippen molar-refractivity contribution in [3.8, 4) is 0 Å². The van der Waals surface area contributed by atoms with E-state index in [1.807, 2.05) is 23.8 Å². The molecule has 2 aliphatic rings. The van der Waals surface area contributed by atoms with E-state index in [0.29, 0.717) is 12.6 Å². The van der Waals surface area contributed by atoms with Crippen LogP contribution in [0.2, 0.25) is 0 Å². The minimum absolute atomic E-state index is 0.125. The van der Waals surface area contributed by atoms with Gasteiger partial charge in [-0.1, -0.05) is 6.07 Å². The van der Waals surface area contributed by atoms with Gasteiger partial charge in [0.2, 0.25) is 0 Å². The molecule has 122 valence electrons. The van der Waals surface area contributed by atoms with Crippen LogP contribution in [0, 0.1) is 0 Å². The number of thiazole rings is 1. The fraction of sp³-hybridized carbons (Fsp3) is 0.529. The Hall–Kier alpha value is -1.34. The molecule has 2 aromatic heterocycles. The van der Waals surface area contributed by atoms with Gasteiger partial charge in [-0.15, -0.1) is 11.3 Å². The summed E-state index contributed by atoms with van der Waals surface area (Å²) in [4.78, 5) is 11.1. The third-order valence-corrected chi connectivity index (χ3v) is 5.36. The zero-order valence-corrected chi connectivity index (χ0v) is 13.8. The van der Waals surface area contributed by atoms with Crippen LogP contribution in [0.25, 0.3) is 0 Å². The lowest BCUT2D eigenvalue weighted by Crippen LogP contribution is -2.41. The highest BCUT2D eigenvalue weighted by atomic mass is 32.1. The maximum absolute atomic E-state index is 6.18. The van der Waals surface area contributed by atoms with Crippen LogP contribution < -0.4 is 0 Å². The van der Waals surface area contributed by atoms with E-state index in [9.17, 15) is 0 Å². The van der Waals surface area contributed by atoms with Gasteiger partial charge in [0.05, 0.1) is 19.3 Å². The number of hydrogen-bond donors (Lipinski definition) is 0. The van der Waals surface area contributed by atoms with E-state index < -0.39 is 0 Å². The fourth-order valence-electron chi connectivity index (χ4n) is 3.52. The van der Waals surface area contributed by atoms with Crippen molar-refractivity contribution >= 4 is 11.3 Å². The lowest BCUT2D eigenvalue weighted by molar-refractivity contribution is -0.0819. The molecule has 3 atom stereocenters. The van der Waals surface area contributed by atoms with Gasteiger partial charge in [0, 0.05) is 43.2 Å². The summed E-state index contributed by atoms with van der Waals surface area (Å²) < 4.78 is 12.2. The maximum Gasteiger partial charge on any atom is 0.107 e. The first-order valence-corrected chi connectivity index (χ1v) is 9.02. The van der Waals surface area contributed by atoms with Gasteiger partial charge in [-0.05, 0) is 24.5 Å². The van der Waals surface area contributed by atoms with E-state index in [1.165, 1.54) is 11.4 Å². The van der Waals surface area contributed by atoms with Crippen LogP contribution >= 0.6 is 11.3 Å². The van der Waals surface area contributed by atoms with Crippen molar-refractivity contribution in [1.82, 2.24) is 14.9 Å². The van der Waals surface area contributed by atoms with E-state index in [1.54, 1.807) is 17.5 Å². The topological polar surface area (TPSA) is 47.5 Å². The van der Waals surface area contributed by atoms with Crippen LogP contribution in [0.3, 0.4) is 0 Å². The van der Waals surface area contributed by atoms with E-state index in [0.717, 1.165) is 31.7 Å². The molecular weight excluding hydrogens is 310 g/mol. The number of pyridine rings is 1. The van der Waals surface area contributed by atoms with Crippen LogP contribution in [0.5, 0.6) is 0 Å². The summed E-state index contributed by atoms with van der Waals surface area (Å²) in [5.41, 5.74) is 1.11. The molecule has 0 spiro atoms. The molecule has 0 N–H and O–H groups in total. The lowest BCUT2D eigenvalue weighted by atomic mass is 10.0. The van der Waals surface area contributed by atoms with Gasteiger partial charge in [0.15, 0.2) is 0 Å². The highest BCUT2D eigenvalue weighted by Gasteiger charge is 2.44. The molecule has 23 heavy (non-hydrogen) atoms. The summed E-state index contributed by atoms with van der Waals surface area (Å²) in [5, 5.41) is 3.21. The molecule has 6 heteroatoms. The molecule has 0 unspecified atom stereocenters. The van der Waals surface area contributed by atoms with Crippen LogP contribution in [0.1, 0.15) is 23.4 Å². The largest absolute Gasteiger partial charge is 0.374 e. The fourth-order valence-corrected chi connectivity index (χ4v) is 4.16. The van der Waals surface area contributed by atoms with Crippen LogP contribution in [0.15, 0.2) is 36.1 Å². The predicted octanol–water partition coefficient (Wildman–Crippen LogP) is 2.49. The van der Waals surface area contributed by atoms with Gasteiger partial charge in [0.1, 0.15) is 11.1 Å². The van der Waals surface area contributed by atoms with Crippen LogP contribution in [-0.2, 0) is 22.6 Å². The Morgan fingerprint density at radius 2 is 2.39 bits per heavy atom. The smallest absolute Gasteiger partial charge is 0.107 e. The van der Waals surface area contributed by atoms with Gasteiger partial charge in [0.25, 0.3) is 0 Å². The number of likely N-dealkylation sites (tertiary alicyclic amines) is 1. The number of aromatic nitrogens is 2. The first-order valence-electron chi connectivity index (χ1n) is 8.15. The molecule has 0 amide bonds. The predicted molar refractivity (Wildman–Crippen MR) is 88.1 cm³/mol. The van der Waals surface area contributed by atoms with Gasteiger partial charge < -0.3 is 9.47 Å². The molecule has 0 bridgehead atoms. The van der Waals surface area contributed by atoms with Gasteiger partial charge in [-0.2, -0.15) is 0 Å². The zero-order valence-electron chi connectivity index (χ0n) is 13.0. The SMILES string of the molecule is c1cncc(CO[C@@H]2CN(Cc3nccs3)[C@@H]3CCCO[C@@H]32)c1. The maximum atomic E-state index is 6.18. The first kappa shape index (κ1) is 15.2. The van der Waals surface area contributed by atoms with Gasteiger partial charge in [-0.3, -0.25) is 9.88 Å². The minimum atomic E-state index is 0.125.